The van der Waals surface area contributed by atoms with Gasteiger partial charge in [0.2, 0.25) is 0 Å². The van der Waals surface area contributed by atoms with Gasteiger partial charge in [0.05, 0.1) is 17.0 Å². The molecular weight excluding hydrogens is 406 g/mol. The van der Waals surface area contributed by atoms with E-state index in [4.69, 9.17) is 9.26 Å². The molecule has 1 fully saturated rings. The third kappa shape index (κ3) is 4.70. The van der Waals surface area contributed by atoms with Crippen LogP contribution in [0.5, 0.6) is 5.75 Å². The second-order valence-corrected chi connectivity index (χ2v) is 8.32. The number of rotatable bonds is 7. The number of piperidine rings is 1. The van der Waals surface area contributed by atoms with Crippen LogP contribution in [0.25, 0.3) is 11.1 Å². The highest BCUT2D eigenvalue weighted by Gasteiger charge is 2.20. The molecule has 1 aliphatic rings. The zero-order chi connectivity index (χ0) is 22.7. The molecule has 1 saturated heterocycles. The van der Waals surface area contributed by atoms with Gasteiger partial charge in [-0.2, -0.15) is 5.10 Å². The third-order valence-corrected chi connectivity index (χ3v) is 5.92. The van der Waals surface area contributed by atoms with Gasteiger partial charge in [-0.05, 0) is 63.9 Å². The second-order valence-electron chi connectivity index (χ2n) is 8.32. The van der Waals surface area contributed by atoms with Gasteiger partial charge in [0.25, 0.3) is 5.91 Å². The lowest BCUT2D eigenvalue weighted by Crippen LogP contribution is -2.38. The van der Waals surface area contributed by atoms with E-state index in [0.29, 0.717) is 29.8 Å². The smallest absolute Gasteiger partial charge is 0.273 e. The first-order valence-electron chi connectivity index (χ1n) is 11.2. The maximum absolute atomic E-state index is 12.9. The first-order chi connectivity index (χ1) is 15.5. The number of nitrogens with one attached hydrogen (secondary N) is 2. The minimum Gasteiger partial charge on any atom is -0.491 e. The topological polar surface area (TPSA) is 94.2 Å². The number of amides is 1. The third-order valence-electron chi connectivity index (χ3n) is 5.92. The number of carbonyl (C=O) groups excluding carboxylic acids is 1. The van der Waals surface area contributed by atoms with E-state index in [2.05, 4.69) is 20.9 Å². The Labute approximate surface area is 188 Å². The standard InChI is InChI=1S/C24H31N5O3/c1-5-17-13-21(29(4)27-17)24(30)26-18-9-10-22(31-14-19-8-6-7-11-25-19)20(12-18)23-15(2)28-32-16(23)3/h9-10,12-13,19,25H,5-8,11,14H2,1-4H3,(H,26,30). The fourth-order valence-corrected chi connectivity index (χ4v) is 4.16. The summed E-state index contributed by atoms with van der Waals surface area (Å²) in [5.41, 5.74) is 4.60. The molecule has 1 aliphatic heterocycles. The molecule has 2 N–H and O–H groups in total. The first-order valence-corrected chi connectivity index (χ1v) is 11.2. The van der Waals surface area contributed by atoms with Crippen LogP contribution < -0.4 is 15.4 Å². The Morgan fingerprint density at radius 1 is 1.31 bits per heavy atom. The zero-order valence-electron chi connectivity index (χ0n) is 19.2. The molecule has 4 rings (SSSR count). The lowest BCUT2D eigenvalue weighted by molar-refractivity contribution is 0.101. The molecule has 32 heavy (non-hydrogen) atoms. The molecule has 3 aromatic rings. The van der Waals surface area contributed by atoms with Crippen molar-refractivity contribution in [3.8, 4) is 16.9 Å². The molecule has 1 atom stereocenters. The van der Waals surface area contributed by atoms with Gasteiger partial charge in [-0.15, -0.1) is 0 Å². The van der Waals surface area contributed by atoms with Crippen LogP contribution in [0.1, 0.15) is 53.8 Å². The Balaban J connectivity index is 1.60. The summed E-state index contributed by atoms with van der Waals surface area (Å²) in [6, 6.07) is 7.85. The summed E-state index contributed by atoms with van der Waals surface area (Å²) >= 11 is 0. The van der Waals surface area contributed by atoms with Crippen molar-refractivity contribution in [2.75, 3.05) is 18.5 Å². The van der Waals surface area contributed by atoms with Crippen molar-refractivity contribution in [1.82, 2.24) is 20.3 Å². The maximum Gasteiger partial charge on any atom is 0.273 e. The van der Waals surface area contributed by atoms with Gasteiger partial charge in [-0.3, -0.25) is 9.48 Å². The molecular formula is C24H31N5O3. The second kappa shape index (κ2) is 9.56. The number of hydrogen-bond donors (Lipinski definition) is 2. The molecule has 2 aromatic heterocycles. The Kier molecular flexibility index (Phi) is 6.60. The van der Waals surface area contributed by atoms with E-state index >= 15 is 0 Å². The minimum absolute atomic E-state index is 0.204. The van der Waals surface area contributed by atoms with Crippen molar-refractivity contribution in [1.29, 1.82) is 0 Å². The SMILES string of the molecule is CCc1cc(C(=O)Nc2ccc(OCC3CCCCN3)c(-c3c(C)noc3C)c2)n(C)n1. The van der Waals surface area contributed by atoms with Crippen LogP contribution in [0.4, 0.5) is 5.69 Å². The summed E-state index contributed by atoms with van der Waals surface area (Å²) in [5, 5.41) is 15.0. The number of ether oxygens (including phenoxy) is 1. The van der Waals surface area contributed by atoms with E-state index < -0.39 is 0 Å². The predicted octanol–water partition coefficient (Wildman–Crippen LogP) is 4.03. The van der Waals surface area contributed by atoms with E-state index in [1.165, 1.54) is 12.8 Å². The number of nitrogens with zero attached hydrogens (tertiary/aromatic N) is 3. The largest absolute Gasteiger partial charge is 0.491 e. The van der Waals surface area contributed by atoms with Crippen LogP contribution in [0.2, 0.25) is 0 Å². The highest BCUT2D eigenvalue weighted by molar-refractivity contribution is 6.03. The van der Waals surface area contributed by atoms with Crippen LogP contribution in [0, 0.1) is 13.8 Å². The Bertz CT molecular complexity index is 1080. The van der Waals surface area contributed by atoms with Gasteiger partial charge < -0.3 is 19.9 Å². The Morgan fingerprint density at radius 2 is 2.16 bits per heavy atom. The maximum atomic E-state index is 12.9. The van der Waals surface area contributed by atoms with Gasteiger partial charge >= 0.3 is 0 Å². The predicted molar refractivity (Wildman–Crippen MR) is 123 cm³/mol. The molecule has 0 bridgehead atoms. The van der Waals surface area contributed by atoms with Crippen LogP contribution in [0.15, 0.2) is 28.8 Å². The molecule has 0 saturated carbocycles. The number of aromatic nitrogens is 3. The summed E-state index contributed by atoms with van der Waals surface area (Å²) in [6.07, 6.45) is 4.32. The van der Waals surface area contributed by atoms with E-state index in [9.17, 15) is 4.79 Å². The highest BCUT2D eigenvalue weighted by atomic mass is 16.5. The zero-order valence-corrected chi connectivity index (χ0v) is 19.2. The molecule has 8 nitrogen and oxygen atoms in total. The van der Waals surface area contributed by atoms with Gasteiger partial charge in [0.1, 0.15) is 23.8 Å². The van der Waals surface area contributed by atoms with Crippen molar-refractivity contribution in [3.05, 3.63) is 47.1 Å². The number of hydrogen-bond acceptors (Lipinski definition) is 6. The summed E-state index contributed by atoms with van der Waals surface area (Å²) in [6.45, 7) is 7.43. The van der Waals surface area contributed by atoms with E-state index in [-0.39, 0.29) is 5.91 Å². The molecule has 1 aromatic carbocycles. The molecule has 3 heterocycles. The summed E-state index contributed by atoms with van der Waals surface area (Å²) in [7, 11) is 1.78. The Hall–Kier alpha value is -3.13. The van der Waals surface area contributed by atoms with Crippen LogP contribution in [-0.4, -0.2) is 40.0 Å². The monoisotopic (exact) mass is 437 g/mol. The van der Waals surface area contributed by atoms with Gasteiger partial charge in [-0.25, -0.2) is 0 Å². The number of aryl methyl sites for hydroxylation is 4. The number of anilines is 1. The first kappa shape index (κ1) is 22.1. The van der Waals surface area contributed by atoms with E-state index in [0.717, 1.165) is 47.7 Å². The normalized spacial score (nSPS) is 16.2. The van der Waals surface area contributed by atoms with Crippen molar-refractivity contribution in [2.24, 2.45) is 7.05 Å². The van der Waals surface area contributed by atoms with Crippen molar-refractivity contribution in [2.45, 2.75) is 52.5 Å². The molecule has 1 unspecified atom stereocenters. The Morgan fingerprint density at radius 3 is 2.81 bits per heavy atom. The van der Waals surface area contributed by atoms with E-state index in [1.807, 2.05) is 45.0 Å². The minimum atomic E-state index is -0.204. The molecule has 8 heteroatoms. The van der Waals surface area contributed by atoms with Crippen molar-refractivity contribution >= 4 is 11.6 Å². The molecule has 1 amide bonds. The summed E-state index contributed by atoms with van der Waals surface area (Å²) in [5.74, 6) is 1.26. The van der Waals surface area contributed by atoms with Crippen LogP contribution in [-0.2, 0) is 13.5 Å². The van der Waals surface area contributed by atoms with Gasteiger partial charge in [-0.1, -0.05) is 18.5 Å². The number of carbonyl (C=O) groups is 1. The van der Waals surface area contributed by atoms with Gasteiger partial charge in [0.15, 0.2) is 0 Å². The lowest BCUT2D eigenvalue weighted by atomic mass is 10.0. The molecule has 0 spiro atoms. The van der Waals surface area contributed by atoms with Crippen molar-refractivity contribution < 1.29 is 14.1 Å². The average molecular weight is 438 g/mol. The molecule has 0 radical (unpaired) electrons. The molecule has 0 aliphatic carbocycles. The van der Waals surface area contributed by atoms with Crippen molar-refractivity contribution in [3.63, 3.8) is 0 Å². The fourth-order valence-electron chi connectivity index (χ4n) is 4.16. The summed E-state index contributed by atoms with van der Waals surface area (Å²) in [4.78, 5) is 12.9. The number of benzene rings is 1. The fraction of sp³-hybridized carbons (Fsp3) is 0.458. The quantitative estimate of drug-likeness (QED) is 0.580. The highest BCUT2D eigenvalue weighted by Crippen LogP contribution is 2.37. The lowest BCUT2D eigenvalue weighted by Gasteiger charge is -2.24. The van der Waals surface area contributed by atoms with E-state index in [1.54, 1.807) is 11.7 Å². The van der Waals surface area contributed by atoms with Gasteiger partial charge in [0, 0.05) is 24.3 Å². The van der Waals surface area contributed by atoms with Crippen LogP contribution >= 0.6 is 0 Å². The average Bonchev–Trinajstić information content (AvgIpc) is 3.34. The van der Waals surface area contributed by atoms with Crippen LogP contribution in [0.3, 0.4) is 0 Å². The molecule has 170 valence electrons. The summed E-state index contributed by atoms with van der Waals surface area (Å²) < 4.78 is 13.2.